The number of carbonyl (C=O) groups excluding carboxylic acids is 1. The van der Waals surface area contributed by atoms with Crippen molar-refractivity contribution in [1.82, 2.24) is 4.72 Å². The van der Waals surface area contributed by atoms with Gasteiger partial charge in [0.25, 0.3) is 0 Å². The standard InChI is InChI=1S/C18H22N2O3S/c1-12-9-14(3)18(15(4)10-12)20-17(21)11-19-24(22,23)16-8-6-5-7-13(16)2/h5-10,19H,11H2,1-4H3,(H,20,21). The highest BCUT2D eigenvalue weighted by Gasteiger charge is 2.18. The van der Waals surface area contributed by atoms with E-state index in [9.17, 15) is 13.2 Å². The Hall–Kier alpha value is -2.18. The van der Waals surface area contributed by atoms with Crippen molar-refractivity contribution in [3.63, 3.8) is 0 Å². The van der Waals surface area contributed by atoms with Crippen molar-refractivity contribution in [3.05, 3.63) is 58.7 Å². The van der Waals surface area contributed by atoms with Crippen LogP contribution in [0.5, 0.6) is 0 Å². The van der Waals surface area contributed by atoms with E-state index in [1.165, 1.54) is 6.07 Å². The van der Waals surface area contributed by atoms with Crippen LogP contribution in [0.2, 0.25) is 0 Å². The third-order valence-corrected chi connectivity index (χ3v) is 5.31. The molecule has 0 fully saturated rings. The maximum Gasteiger partial charge on any atom is 0.241 e. The van der Waals surface area contributed by atoms with Crippen LogP contribution in [0.25, 0.3) is 0 Å². The number of benzene rings is 2. The van der Waals surface area contributed by atoms with E-state index in [0.717, 1.165) is 22.4 Å². The van der Waals surface area contributed by atoms with Crippen LogP contribution in [0.1, 0.15) is 22.3 Å². The fourth-order valence-corrected chi connectivity index (χ4v) is 3.88. The lowest BCUT2D eigenvalue weighted by molar-refractivity contribution is -0.115. The van der Waals surface area contributed by atoms with Gasteiger partial charge in [0, 0.05) is 5.69 Å². The van der Waals surface area contributed by atoms with Gasteiger partial charge in [-0.3, -0.25) is 4.79 Å². The molecule has 2 aromatic rings. The second kappa shape index (κ2) is 7.15. The van der Waals surface area contributed by atoms with E-state index in [2.05, 4.69) is 10.0 Å². The predicted octanol–water partition coefficient (Wildman–Crippen LogP) is 2.84. The molecule has 0 aliphatic heterocycles. The van der Waals surface area contributed by atoms with Gasteiger partial charge in [0.15, 0.2) is 0 Å². The largest absolute Gasteiger partial charge is 0.324 e. The van der Waals surface area contributed by atoms with Crippen molar-refractivity contribution in [1.29, 1.82) is 0 Å². The second-order valence-corrected chi connectivity index (χ2v) is 7.65. The molecule has 24 heavy (non-hydrogen) atoms. The van der Waals surface area contributed by atoms with Gasteiger partial charge in [-0.15, -0.1) is 0 Å². The molecule has 6 heteroatoms. The summed E-state index contributed by atoms with van der Waals surface area (Å²) in [7, 11) is -3.72. The quantitative estimate of drug-likeness (QED) is 0.874. The van der Waals surface area contributed by atoms with E-state index in [0.29, 0.717) is 5.56 Å². The van der Waals surface area contributed by atoms with E-state index < -0.39 is 15.9 Å². The van der Waals surface area contributed by atoms with Crippen molar-refractivity contribution in [3.8, 4) is 0 Å². The summed E-state index contributed by atoms with van der Waals surface area (Å²) in [5, 5.41) is 2.78. The van der Waals surface area contributed by atoms with Crippen molar-refractivity contribution >= 4 is 21.6 Å². The molecular formula is C18H22N2O3S. The lowest BCUT2D eigenvalue weighted by Gasteiger charge is -2.13. The molecule has 0 aliphatic rings. The van der Waals surface area contributed by atoms with E-state index >= 15 is 0 Å². The average molecular weight is 346 g/mol. The van der Waals surface area contributed by atoms with Crippen molar-refractivity contribution in [2.75, 3.05) is 11.9 Å². The van der Waals surface area contributed by atoms with Gasteiger partial charge in [0.1, 0.15) is 0 Å². The van der Waals surface area contributed by atoms with Gasteiger partial charge < -0.3 is 5.32 Å². The van der Waals surface area contributed by atoms with Gasteiger partial charge in [0.05, 0.1) is 11.4 Å². The maximum atomic E-state index is 12.3. The molecule has 2 rings (SSSR count). The minimum Gasteiger partial charge on any atom is -0.324 e. The Kier molecular flexibility index (Phi) is 5.41. The third-order valence-electron chi connectivity index (χ3n) is 3.75. The molecule has 0 bridgehead atoms. The minimum atomic E-state index is -3.72. The molecule has 2 aromatic carbocycles. The first-order valence-corrected chi connectivity index (χ1v) is 9.12. The summed E-state index contributed by atoms with van der Waals surface area (Å²) in [6.07, 6.45) is 0. The number of nitrogens with one attached hydrogen (secondary N) is 2. The molecule has 0 aliphatic carbocycles. The number of sulfonamides is 1. The van der Waals surface area contributed by atoms with Crippen LogP contribution in [-0.4, -0.2) is 20.9 Å². The van der Waals surface area contributed by atoms with Crippen LogP contribution in [0.4, 0.5) is 5.69 Å². The summed E-state index contributed by atoms with van der Waals surface area (Å²) in [5.74, 6) is -0.401. The normalized spacial score (nSPS) is 11.3. The van der Waals surface area contributed by atoms with E-state index in [4.69, 9.17) is 0 Å². The van der Waals surface area contributed by atoms with Crippen LogP contribution in [-0.2, 0) is 14.8 Å². The van der Waals surface area contributed by atoms with Gasteiger partial charge in [0.2, 0.25) is 15.9 Å². The number of hydrogen-bond donors (Lipinski definition) is 2. The third kappa shape index (κ3) is 4.21. The summed E-state index contributed by atoms with van der Waals surface area (Å²) >= 11 is 0. The molecule has 1 amide bonds. The fraction of sp³-hybridized carbons (Fsp3) is 0.278. The minimum absolute atomic E-state index is 0.181. The SMILES string of the molecule is Cc1cc(C)c(NC(=O)CNS(=O)(=O)c2ccccc2C)c(C)c1. The van der Waals surface area contributed by atoms with E-state index in [1.807, 2.05) is 32.9 Å². The first kappa shape index (κ1) is 18.2. The van der Waals surface area contributed by atoms with Gasteiger partial charge in [-0.05, 0) is 50.5 Å². The first-order valence-electron chi connectivity index (χ1n) is 7.63. The Morgan fingerprint density at radius 1 is 0.958 bits per heavy atom. The topological polar surface area (TPSA) is 75.3 Å². The van der Waals surface area contributed by atoms with Crippen LogP contribution in [0.3, 0.4) is 0 Å². The van der Waals surface area contributed by atoms with Gasteiger partial charge >= 0.3 is 0 Å². The molecule has 2 N–H and O–H groups in total. The molecule has 0 saturated carbocycles. The lowest BCUT2D eigenvalue weighted by atomic mass is 10.1. The highest BCUT2D eigenvalue weighted by atomic mass is 32.2. The maximum absolute atomic E-state index is 12.3. The van der Waals surface area contributed by atoms with Gasteiger partial charge in [-0.1, -0.05) is 35.9 Å². The lowest BCUT2D eigenvalue weighted by Crippen LogP contribution is -2.33. The number of rotatable bonds is 5. The van der Waals surface area contributed by atoms with E-state index in [1.54, 1.807) is 25.1 Å². The number of carbonyl (C=O) groups is 1. The molecule has 0 aromatic heterocycles. The summed E-state index contributed by atoms with van der Waals surface area (Å²) in [6.45, 7) is 7.21. The summed E-state index contributed by atoms with van der Waals surface area (Å²) in [4.78, 5) is 12.3. The van der Waals surface area contributed by atoms with Crippen molar-refractivity contribution in [2.45, 2.75) is 32.6 Å². The number of anilines is 1. The molecule has 0 spiro atoms. The zero-order chi connectivity index (χ0) is 17.9. The Balaban J connectivity index is 2.08. The van der Waals surface area contributed by atoms with Crippen LogP contribution < -0.4 is 10.0 Å². The van der Waals surface area contributed by atoms with E-state index in [-0.39, 0.29) is 11.4 Å². The smallest absolute Gasteiger partial charge is 0.241 e. The molecule has 0 heterocycles. The predicted molar refractivity (Wildman–Crippen MR) is 95.7 cm³/mol. The Morgan fingerprint density at radius 3 is 2.12 bits per heavy atom. The summed E-state index contributed by atoms with van der Waals surface area (Å²) in [6, 6.07) is 10.6. The molecule has 128 valence electrons. The van der Waals surface area contributed by atoms with Crippen LogP contribution in [0, 0.1) is 27.7 Å². The number of amides is 1. The highest BCUT2D eigenvalue weighted by molar-refractivity contribution is 7.89. The molecular weight excluding hydrogens is 324 g/mol. The fourth-order valence-electron chi connectivity index (χ4n) is 2.66. The second-order valence-electron chi connectivity index (χ2n) is 5.91. The van der Waals surface area contributed by atoms with Crippen LogP contribution >= 0.6 is 0 Å². The Labute approximate surface area is 143 Å². The van der Waals surface area contributed by atoms with Crippen LogP contribution in [0.15, 0.2) is 41.3 Å². The molecule has 0 saturated heterocycles. The molecule has 0 unspecified atom stereocenters. The number of hydrogen-bond acceptors (Lipinski definition) is 3. The zero-order valence-corrected chi connectivity index (χ0v) is 15.1. The molecule has 0 atom stereocenters. The van der Waals surface area contributed by atoms with Crippen molar-refractivity contribution in [2.24, 2.45) is 0 Å². The summed E-state index contributed by atoms with van der Waals surface area (Å²) < 4.78 is 26.9. The Morgan fingerprint density at radius 2 is 1.54 bits per heavy atom. The first-order chi connectivity index (χ1) is 11.2. The van der Waals surface area contributed by atoms with Gasteiger partial charge in [-0.2, -0.15) is 0 Å². The van der Waals surface area contributed by atoms with Gasteiger partial charge in [-0.25, -0.2) is 13.1 Å². The highest BCUT2D eigenvalue weighted by Crippen LogP contribution is 2.21. The Bertz CT molecular complexity index is 851. The molecule has 5 nitrogen and oxygen atoms in total. The number of aryl methyl sites for hydroxylation is 4. The summed E-state index contributed by atoms with van der Waals surface area (Å²) in [5.41, 5.74) is 4.37. The van der Waals surface area contributed by atoms with Crippen molar-refractivity contribution < 1.29 is 13.2 Å². The molecule has 0 radical (unpaired) electrons. The zero-order valence-electron chi connectivity index (χ0n) is 14.3. The average Bonchev–Trinajstić information content (AvgIpc) is 2.49. The monoisotopic (exact) mass is 346 g/mol.